The van der Waals surface area contributed by atoms with Crippen LogP contribution >= 0.6 is 0 Å². The number of hydrogen-bond donors (Lipinski definition) is 2. The van der Waals surface area contributed by atoms with E-state index in [2.05, 4.69) is 16.4 Å². The molecule has 1 aromatic heterocycles. The van der Waals surface area contributed by atoms with E-state index in [1.54, 1.807) is 18.3 Å². The second-order valence-corrected chi connectivity index (χ2v) is 4.05. The second-order valence-electron chi connectivity index (χ2n) is 4.05. The number of nitriles is 1. The molecule has 0 spiro atoms. The maximum Gasteiger partial charge on any atom is 0.144 e. The van der Waals surface area contributed by atoms with E-state index in [9.17, 15) is 0 Å². The zero-order valence-electron chi connectivity index (χ0n) is 10.1. The van der Waals surface area contributed by atoms with Crippen LogP contribution in [0.5, 0.6) is 0 Å². The number of nitrogens with zero attached hydrogens (tertiary/aromatic N) is 2. The number of anilines is 2. The van der Waals surface area contributed by atoms with E-state index in [1.807, 2.05) is 31.2 Å². The first-order chi connectivity index (χ1) is 8.70. The molecule has 0 fully saturated rings. The molecule has 90 valence electrons. The lowest BCUT2D eigenvalue weighted by Gasteiger charge is -2.16. The van der Waals surface area contributed by atoms with E-state index in [0.29, 0.717) is 11.4 Å². The van der Waals surface area contributed by atoms with Gasteiger partial charge in [0.15, 0.2) is 0 Å². The first kappa shape index (κ1) is 11.9. The van der Waals surface area contributed by atoms with Crippen LogP contribution in [0.3, 0.4) is 0 Å². The molecule has 0 aliphatic heterocycles. The Morgan fingerprint density at radius 3 is 2.89 bits per heavy atom. The fourth-order valence-electron chi connectivity index (χ4n) is 1.73. The molecule has 3 N–H and O–H groups in total. The van der Waals surface area contributed by atoms with Crippen molar-refractivity contribution in [1.82, 2.24) is 4.98 Å². The predicted molar refractivity (Wildman–Crippen MR) is 71.8 cm³/mol. The SMILES string of the molecule is CC(Nc1ncccc1C#N)c1cccc(N)c1. The average Bonchev–Trinajstić information content (AvgIpc) is 2.39. The molecule has 0 aliphatic carbocycles. The third-order valence-corrected chi connectivity index (χ3v) is 2.69. The summed E-state index contributed by atoms with van der Waals surface area (Å²) in [6.07, 6.45) is 1.66. The summed E-state index contributed by atoms with van der Waals surface area (Å²) >= 11 is 0. The van der Waals surface area contributed by atoms with Gasteiger partial charge in [0.25, 0.3) is 0 Å². The standard InChI is InChI=1S/C14H14N4/c1-10(11-4-2-6-13(16)8-11)18-14-12(9-15)5-3-7-17-14/h2-8,10H,16H2,1H3,(H,17,18). The van der Waals surface area contributed by atoms with Crippen LogP contribution in [0.25, 0.3) is 0 Å². The third-order valence-electron chi connectivity index (χ3n) is 2.69. The summed E-state index contributed by atoms with van der Waals surface area (Å²) in [4.78, 5) is 4.17. The zero-order chi connectivity index (χ0) is 13.0. The van der Waals surface area contributed by atoms with Gasteiger partial charge in [-0.05, 0) is 36.8 Å². The van der Waals surface area contributed by atoms with Crippen molar-refractivity contribution in [2.75, 3.05) is 11.1 Å². The summed E-state index contributed by atoms with van der Waals surface area (Å²) in [7, 11) is 0. The summed E-state index contributed by atoms with van der Waals surface area (Å²) < 4.78 is 0. The Morgan fingerprint density at radius 1 is 1.33 bits per heavy atom. The van der Waals surface area contributed by atoms with E-state index in [-0.39, 0.29) is 6.04 Å². The number of rotatable bonds is 3. The van der Waals surface area contributed by atoms with Crippen LogP contribution in [-0.2, 0) is 0 Å². The summed E-state index contributed by atoms with van der Waals surface area (Å²) in [6, 6.07) is 13.3. The highest BCUT2D eigenvalue weighted by molar-refractivity contribution is 5.53. The first-order valence-electron chi connectivity index (χ1n) is 5.68. The fourth-order valence-corrected chi connectivity index (χ4v) is 1.73. The molecular weight excluding hydrogens is 224 g/mol. The van der Waals surface area contributed by atoms with Crippen LogP contribution in [0.2, 0.25) is 0 Å². The van der Waals surface area contributed by atoms with E-state index in [4.69, 9.17) is 11.0 Å². The average molecular weight is 238 g/mol. The minimum atomic E-state index is 0.0375. The third kappa shape index (κ3) is 2.58. The number of nitrogen functional groups attached to an aromatic ring is 1. The maximum atomic E-state index is 9.00. The van der Waals surface area contributed by atoms with Crippen molar-refractivity contribution in [1.29, 1.82) is 5.26 Å². The molecule has 2 rings (SSSR count). The molecule has 1 atom stereocenters. The van der Waals surface area contributed by atoms with Crippen molar-refractivity contribution < 1.29 is 0 Å². The van der Waals surface area contributed by atoms with Crippen molar-refractivity contribution >= 4 is 11.5 Å². The van der Waals surface area contributed by atoms with E-state index >= 15 is 0 Å². The van der Waals surface area contributed by atoms with E-state index < -0.39 is 0 Å². The summed E-state index contributed by atoms with van der Waals surface area (Å²) in [6.45, 7) is 2.00. The van der Waals surface area contributed by atoms with Gasteiger partial charge in [-0.2, -0.15) is 5.26 Å². The van der Waals surface area contributed by atoms with Crippen LogP contribution in [0.4, 0.5) is 11.5 Å². The highest BCUT2D eigenvalue weighted by atomic mass is 15.0. The van der Waals surface area contributed by atoms with Crippen molar-refractivity contribution in [3.8, 4) is 6.07 Å². The molecule has 4 heteroatoms. The lowest BCUT2D eigenvalue weighted by Crippen LogP contribution is -2.09. The van der Waals surface area contributed by atoms with Gasteiger partial charge < -0.3 is 11.1 Å². The Bertz CT molecular complexity index is 586. The van der Waals surface area contributed by atoms with Crippen molar-refractivity contribution in [3.63, 3.8) is 0 Å². The monoisotopic (exact) mass is 238 g/mol. The minimum Gasteiger partial charge on any atom is -0.399 e. The van der Waals surface area contributed by atoms with Gasteiger partial charge in [0.1, 0.15) is 11.9 Å². The highest BCUT2D eigenvalue weighted by Gasteiger charge is 2.09. The van der Waals surface area contributed by atoms with Gasteiger partial charge in [0.05, 0.1) is 11.6 Å². The quantitative estimate of drug-likeness (QED) is 0.806. The number of nitrogens with two attached hydrogens (primary N) is 1. The molecule has 0 saturated carbocycles. The largest absolute Gasteiger partial charge is 0.399 e. The molecule has 0 saturated heterocycles. The molecule has 0 amide bonds. The predicted octanol–water partition coefficient (Wildman–Crippen LogP) is 2.71. The van der Waals surface area contributed by atoms with Crippen molar-refractivity contribution in [2.45, 2.75) is 13.0 Å². The number of pyridine rings is 1. The summed E-state index contributed by atoms with van der Waals surface area (Å²) in [5, 5.41) is 12.2. The Morgan fingerprint density at radius 2 is 2.17 bits per heavy atom. The van der Waals surface area contributed by atoms with Crippen molar-refractivity contribution in [3.05, 3.63) is 53.7 Å². The topological polar surface area (TPSA) is 74.7 Å². The second kappa shape index (κ2) is 5.19. The Labute approximate surface area is 106 Å². The van der Waals surface area contributed by atoms with E-state index in [1.165, 1.54) is 0 Å². The number of hydrogen-bond acceptors (Lipinski definition) is 4. The number of nitrogens with one attached hydrogen (secondary N) is 1. The normalized spacial score (nSPS) is 11.6. The van der Waals surface area contributed by atoms with Crippen LogP contribution in [0.1, 0.15) is 24.1 Å². The van der Waals surface area contributed by atoms with Crippen LogP contribution in [0, 0.1) is 11.3 Å². The Hall–Kier alpha value is -2.54. The van der Waals surface area contributed by atoms with Gasteiger partial charge in [-0.3, -0.25) is 0 Å². The van der Waals surface area contributed by atoms with Gasteiger partial charge in [-0.25, -0.2) is 4.98 Å². The molecule has 0 aliphatic rings. The van der Waals surface area contributed by atoms with Crippen LogP contribution in [0.15, 0.2) is 42.6 Å². The highest BCUT2D eigenvalue weighted by Crippen LogP contribution is 2.21. The van der Waals surface area contributed by atoms with Gasteiger partial charge >= 0.3 is 0 Å². The van der Waals surface area contributed by atoms with E-state index in [0.717, 1.165) is 11.3 Å². The number of benzene rings is 1. The lowest BCUT2D eigenvalue weighted by atomic mass is 10.1. The first-order valence-corrected chi connectivity index (χ1v) is 5.68. The summed E-state index contributed by atoms with van der Waals surface area (Å²) in [5.41, 5.74) is 8.07. The molecule has 0 radical (unpaired) electrons. The molecule has 2 aromatic rings. The maximum absolute atomic E-state index is 9.00. The molecule has 4 nitrogen and oxygen atoms in total. The fraction of sp³-hybridized carbons (Fsp3) is 0.143. The van der Waals surface area contributed by atoms with Gasteiger partial charge in [-0.1, -0.05) is 12.1 Å². The van der Waals surface area contributed by atoms with Gasteiger partial charge in [-0.15, -0.1) is 0 Å². The molecule has 18 heavy (non-hydrogen) atoms. The lowest BCUT2D eigenvalue weighted by molar-refractivity contribution is 0.874. The molecular formula is C14H14N4. The molecule has 0 bridgehead atoms. The Balaban J connectivity index is 2.22. The summed E-state index contributed by atoms with van der Waals surface area (Å²) in [5.74, 6) is 0.593. The molecule has 1 heterocycles. The molecule has 1 unspecified atom stereocenters. The molecule has 1 aromatic carbocycles. The smallest absolute Gasteiger partial charge is 0.144 e. The number of aromatic nitrogens is 1. The zero-order valence-corrected chi connectivity index (χ0v) is 10.1. The van der Waals surface area contributed by atoms with Gasteiger partial charge in [0, 0.05) is 11.9 Å². The van der Waals surface area contributed by atoms with Crippen LogP contribution in [-0.4, -0.2) is 4.98 Å². The minimum absolute atomic E-state index is 0.0375. The van der Waals surface area contributed by atoms with Crippen LogP contribution < -0.4 is 11.1 Å². The van der Waals surface area contributed by atoms with Gasteiger partial charge in [0.2, 0.25) is 0 Å². The van der Waals surface area contributed by atoms with Crippen molar-refractivity contribution in [2.24, 2.45) is 0 Å². The Kier molecular flexibility index (Phi) is 3.44.